The number of carbonyl (C=O) groups excluding carboxylic acids is 2. The van der Waals surface area contributed by atoms with Crippen LogP contribution in [0.4, 0.5) is 5.69 Å². The molecule has 1 aliphatic rings. The molecule has 158 valence electrons. The Bertz CT molecular complexity index is 1380. The molecule has 0 bridgehead atoms. The van der Waals surface area contributed by atoms with Crippen LogP contribution in [-0.4, -0.2) is 21.8 Å². The highest BCUT2D eigenvalue weighted by atomic mass is 35.5. The zero-order chi connectivity index (χ0) is 22.4. The zero-order valence-electron chi connectivity index (χ0n) is 16.9. The summed E-state index contributed by atoms with van der Waals surface area (Å²) >= 11 is 6.20. The SMILES string of the molecule is Cc1ccc(Cl)cc1N1C(=O)C(O)=C(C(=O)c2cc3ccccc3o2)C1c1cccnc1. The Labute approximate surface area is 188 Å². The maximum Gasteiger partial charge on any atom is 0.294 e. The molecule has 0 aliphatic carbocycles. The largest absolute Gasteiger partial charge is 0.503 e. The molecule has 1 aliphatic heterocycles. The highest BCUT2D eigenvalue weighted by Gasteiger charge is 2.46. The van der Waals surface area contributed by atoms with Crippen LogP contribution in [0.5, 0.6) is 0 Å². The lowest BCUT2D eigenvalue weighted by atomic mass is 9.95. The van der Waals surface area contributed by atoms with Crippen LogP contribution in [0.3, 0.4) is 0 Å². The highest BCUT2D eigenvalue weighted by Crippen LogP contribution is 2.43. The molecule has 0 spiro atoms. The number of aliphatic hydroxyl groups is 1. The second-order valence-electron chi connectivity index (χ2n) is 7.53. The van der Waals surface area contributed by atoms with E-state index in [1.54, 1.807) is 60.9 Å². The normalized spacial score (nSPS) is 16.2. The van der Waals surface area contributed by atoms with Gasteiger partial charge in [-0.1, -0.05) is 41.9 Å². The number of benzene rings is 2. The Kier molecular flexibility index (Phi) is 4.79. The number of aliphatic hydroxyl groups excluding tert-OH is 1. The van der Waals surface area contributed by atoms with Crippen molar-refractivity contribution in [1.82, 2.24) is 4.98 Å². The quantitative estimate of drug-likeness (QED) is 0.416. The maximum atomic E-state index is 13.5. The smallest absolute Gasteiger partial charge is 0.294 e. The van der Waals surface area contributed by atoms with Crippen LogP contribution in [0.1, 0.15) is 27.7 Å². The summed E-state index contributed by atoms with van der Waals surface area (Å²) in [5.41, 5.74) is 2.31. The standard InChI is InChI=1S/C25H17ClN2O4/c1-14-8-9-17(26)12-18(14)28-22(16-6-4-10-27-13-16)21(24(30)25(28)31)23(29)20-11-15-5-2-3-7-19(15)32-20/h2-13,22,30H,1H3. The molecule has 4 aromatic rings. The molecule has 2 aromatic carbocycles. The number of carbonyl (C=O) groups is 2. The molecule has 3 heterocycles. The first-order chi connectivity index (χ1) is 15.5. The molecule has 5 rings (SSSR count). The van der Waals surface area contributed by atoms with Crippen LogP contribution in [0.25, 0.3) is 11.0 Å². The third-order valence-electron chi connectivity index (χ3n) is 5.53. The Morgan fingerprint density at radius 1 is 1.12 bits per heavy atom. The van der Waals surface area contributed by atoms with Gasteiger partial charge in [0.2, 0.25) is 5.78 Å². The first-order valence-electron chi connectivity index (χ1n) is 9.91. The van der Waals surface area contributed by atoms with E-state index in [2.05, 4.69) is 4.98 Å². The van der Waals surface area contributed by atoms with Crippen molar-refractivity contribution < 1.29 is 19.1 Å². The number of Topliss-reactive ketones (excluding diaryl/α,β-unsaturated/α-hetero) is 1. The van der Waals surface area contributed by atoms with Gasteiger partial charge in [-0.25, -0.2) is 0 Å². The maximum absolute atomic E-state index is 13.5. The number of aromatic nitrogens is 1. The minimum atomic E-state index is -0.894. The minimum absolute atomic E-state index is 0.0408. The summed E-state index contributed by atoms with van der Waals surface area (Å²) in [5.74, 6) is -1.84. The first kappa shape index (κ1) is 20.0. The number of hydrogen-bond donors (Lipinski definition) is 1. The Morgan fingerprint density at radius 2 is 1.94 bits per heavy atom. The Hall–Kier alpha value is -3.90. The van der Waals surface area contributed by atoms with E-state index in [0.29, 0.717) is 21.9 Å². The molecule has 1 unspecified atom stereocenters. The van der Waals surface area contributed by atoms with Crippen LogP contribution in [0.2, 0.25) is 5.02 Å². The topological polar surface area (TPSA) is 83.6 Å². The molecular weight excluding hydrogens is 428 g/mol. The van der Waals surface area contributed by atoms with E-state index in [4.69, 9.17) is 16.0 Å². The third kappa shape index (κ3) is 3.16. The molecule has 0 radical (unpaired) electrons. The molecule has 0 fully saturated rings. The van der Waals surface area contributed by atoms with Gasteiger partial charge in [-0.3, -0.25) is 19.5 Å². The van der Waals surface area contributed by atoms with E-state index in [1.807, 2.05) is 19.1 Å². The van der Waals surface area contributed by atoms with E-state index in [-0.39, 0.29) is 11.3 Å². The lowest BCUT2D eigenvalue weighted by molar-refractivity contribution is -0.117. The van der Waals surface area contributed by atoms with Gasteiger partial charge in [0.15, 0.2) is 11.5 Å². The van der Waals surface area contributed by atoms with Crippen molar-refractivity contribution in [3.8, 4) is 0 Å². The molecule has 32 heavy (non-hydrogen) atoms. The third-order valence-corrected chi connectivity index (χ3v) is 5.77. The fourth-order valence-corrected chi connectivity index (χ4v) is 4.17. The average molecular weight is 445 g/mol. The monoisotopic (exact) mass is 444 g/mol. The van der Waals surface area contributed by atoms with Gasteiger partial charge in [0.1, 0.15) is 5.58 Å². The summed E-state index contributed by atoms with van der Waals surface area (Å²) < 4.78 is 5.73. The van der Waals surface area contributed by atoms with Crippen LogP contribution in [0, 0.1) is 6.92 Å². The van der Waals surface area contributed by atoms with Gasteiger partial charge in [-0.15, -0.1) is 0 Å². The number of amides is 1. The number of para-hydroxylation sites is 1. The summed E-state index contributed by atoms with van der Waals surface area (Å²) in [6, 6.07) is 16.5. The number of fused-ring (bicyclic) bond motifs is 1. The van der Waals surface area contributed by atoms with Gasteiger partial charge in [0.25, 0.3) is 5.91 Å². The number of halogens is 1. The number of anilines is 1. The van der Waals surface area contributed by atoms with Crippen molar-refractivity contribution >= 4 is 39.9 Å². The van der Waals surface area contributed by atoms with E-state index in [9.17, 15) is 14.7 Å². The van der Waals surface area contributed by atoms with Crippen LogP contribution >= 0.6 is 11.6 Å². The van der Waals surface area contributed by atoms with Gasteiger partial charge in [-0.2, -0.15) is 0 Å². The zero-order valence-corrected chi connectivity index (χ0v) is 17.7. The predicted octanol–water partition coefficient (Wildman–Crippen LogP) is 5.57. The molecule has 0 saturated carbocycles. The van der Waals surface area contributed by atoms with Crippen molar-refractivity contribution in [3.05, 3.63) is 106 Å². The van der Waals surface area contributed by atoms with Crippen molar-refractivity contribution in [2.24, 2.45) is 0 Å². The van der Waals surface area contributed by atoms with Gasteiger partial charge < -0.3 is 9.52 Å². The second kappa shape index (κ2) is 7.66. The number of rotatable bonds is 4. The van der Waals surface area contributed by atoms with Crippen LogP contribution < -0.4 is 4.90 Å². The van der Waals surface area contributed by atoms with E-state index in [1.165, 1.54) is 4.90 Å². The molecular formula is C25H17ClN2O4. The summed E-state index contributed by atoms with van der Waals surface area (Å²) in [4.78, 5) is 32.3. The van der Waals surface area contributed by atoms with Crippen molar-refractivity contribution in [1.29, 1.82) is 0 Å². The van der Waals surface area contributed by atoms with E-state index < -0.39 is 23.5 Å². The number of furan rings is 1. The lowest BCUT2D eigenvalue weighted by Gasteiger charge is -2.28. The molecule has 2 aromatic heterocycles. The lowest BCUT2D eigenvalue weighted by Crippen LogP contribution is -2.31. The second-order valence-corrected chi connectivity index (χ2v) is 7.97. The van der Waals surface area contributed by atoms with Gasteiger partial charge in [0, 0.05) is 28.5 Å². The summed E-state index contributed by atoms with van der Waals surface area (Å²) in [7, 11) is 0. The summed E-state index contributed by atoms with van der Waals surface area (Å²) in [6.07, 6.45) is 3.16. The summed E-state index contributed by atoms with van der Waals surface area (Å²) in [6.45, 7) is 1.83. The number of nitrogens with zero attached hydrogens (tertiary/aromatic N) is 2. The van der Waals surface area contributed by atoms with Crippen LogP contribution in [-0.2, 0) is 4.79 Å². The molecule has 6 nitrogen and oxygen atoms in total. The number of aryl methyl sites for hydroxylation is 1. The molecule has 1 atom stereocenters. The van der Waals surface area contributed by atoms with Gasteiger partial charge in [0.05, 0.1) is 11.6 Å². The number of ketones is 1. The number of hydrogen-bond acceptors (Lipinski definition) is 5. The minimum Gasteiger partial charge on any atom is -0.503 e. The van der Waals surface area contributed by atoms with E-state index >= 15 is 0 Å². The molecule has 1 amide bonds. The number of pyridine rings is 1. The highest BCUT2D eigenvalue weighted by molar-refractivity contribution is 6.31. The Morgan fingerprint density at radius 3 is 2.69 bits per heavy atom. The average Bonchev–Trinajstić information content (AvgIpc) is 3.35. The van der Waals surface area contributed by atoms with E-state index in [0.717, 1.165) is 10.9 Å². The fourth-order valence-electron chi connectivity index (χ4n) is 4.01. The van der Waals surface area contributed by atoms with Gasteiger partial charge in [-0.05, 0) is 48.4 Å². The Balaban J connectivity index is 1.69. The van der Waals surface area contributed by atoms with Gasteiger partial charge >= 0.3 is 0 Å². The predicted molar refractivity (Wildman–Crippen MR) is 121 cm³/mol. The fraction of sp³-hybridized carbons (Fsp3) is 0.0800. The molecule has 7 heteroatoms. The van der Waals surface area contributed by atoms with Crippen molar-refractivity contribution in [2.45, 2.75) is 13.0 Å². The van der Waals surface area contributed by atoms with Crippen molar-refractivity contribution in [3.63, 3.8) is 0 Å². The molecule has 0 saturated heterocycles. The molecule has 1 N–H and O–H groups in total. The van der Waals surface area contributed by atoms with Crippen molar-refractivity contribution in [2.75, 3.05) is 4.90 Å². The van der Waals surface area contributed by atoms with Crippen LogP contribution in [0.15, 0.2) is 88.8 Å². The summed E-state index contributed by atoms with van der Waals surface area (Å²) in [5, 5.41) is 12.0. The first-order valence-corrected chi connectivity index (χ1v) is 10.3.